The minimum atomic E-state index is -1.21. The number of hydrogen-bond donors (Lipinski definition) is 1. The molecule has 0 radical (unpaired) electrons. The molecule has 0 saturated heterocycles. The number of likely N-dealkylation sites (N-methyl/N-ethyl adjacent to an activating group) is 1. The van der Waals surface area contributed by atoms with Crippen molar-refractivity contribution in [1.82, 2.24) is 4.90 Å². The molecule has 0 aliphatic rings. The van der Waals surface area contributed by atoms with Crippen LogP contribution in [0.25, 0.3) is 0 Å². The van der Waals surface area contributed by atoms with E-state index in [1.54, 1.807) is 14.0 Å². The molecule has 0 bridgehead atoms. The van der Waals surface area contributed by atoms with Gasteiger partial charge in [0.25, 0.3) is 5.91 Å². The number of esters is 1. The quantitative estimate of drug-likeness (QED) is 0.660. The van der Waals surface area contributed by atoms with Crippen LogP contribution < -0.4 is 5.73 Å². The zero-order valence-electron chi connectivity index (χ0n) is 10.6. The zero-order valence-corrected chi connectivity index (χ0v) is 10.6. The molecule has 1 rings (SSSR count). The first-order valence-electron chi connectivity index (χ1n) is 5.52. The van der Waals surface area contributed by atoms with Crippen LogP contribution in [0.2, 0.25) is 0 Å². The highest BCUT2D eigenvalue weighted by atomic mass is 19.2. The molecular formula is C12H14F2N2O3. The van der Waals surface area contributed by atoms with Gasteiger partial charge in [0.1, 0.15) is 0 Å². The predicted octanol–water partition coefficient (Wildman–Crippen LogP) is 1.18. The number of halogens is 2. The van der Waals surface area contributed by atoms with Crippen LogP contribution in [0.15, 0.2) is 12.1 Å². The molecule has 19 heavy (non-hydrogen) atoms. The maximum absolute atomic E-state index is 13.0. The number of amides is 1. The van der Waals surface area contributed by atoms with Gasteiger partial charge in [-0.1, -0.05) is 0 Å². The van der Waals surface area contributed by atoms with Crippen LogP contribution in [0.5, 0.6) is 0 Å². The molecule has 0 aromatic heterocycles. The molecule has 1 aromatic rings. The van der Waals surface area contributed by atoms with Crippen molar-refractivity contribution in [2.75, 3.05) is 25.9 Å². The van der Waals surface area contributed by atoms with Gasteiger partial charge in [0, 0.05) is 25.3 Å². The Morgan fingerprint density at radius 2 is 1.89 bits per heavy atom. The van der Waals surface area contributed by atoms with E-state index in [0.29, 0.717) is 18.7 Å². The third-order valence-electron chi connectivity index (χ3n) is 2.54. The molecule has 0 spiro atoms. The van der Waals surface area contributed by atoms with Crippen molar-refractivity contribution in [3.8, 4) is 0 Å². The normalized spacial score (nSPS) is 10.1. The molecule has 7 heteroatoms. The van der Waals surface area contributed by atoms with Gasteiger partial charge in [0.05, 0.1) is 5.56 Å². The number of ether oxygens (including phenoxy) is 1. The molecule has 5 nitrogen and oxygen atoms in total. The van der Waals surface area contributed by atoms with Crippen LogP contribution in [0.3, 0.4) is 0 Å². The number of hydrogen-bond acceptors (Lipinski definition) is 4. The molecule has 0 saturated carbocycles. The molecule has 0 unspecified atom stereocenters. The van der Waals surface area contributed by atoms with E-state index in [1.165, 1.54) is 4.90 Å². The van der Waals surface area contributed by atoms with Gasteiger partial charge in [0.2, 0.25) is 0 Å². The Morgan fingerprint density at radius 3 is 2.47 bits per heavy atom. The number of nitrogens with two attached hydrogens (primary N) is 1. The molecular weight excluding hydrogens is 258 g/mol. The van der Waals surface area contributed by atoms with Gasteiger partial charge < -0.3 is 15.4 Å². The van der Waals surface area contributed by atoms with E-state index in [2.05, 4.69) is 4.74 Å². The number of carbonyl (C=O) groups excluding carboxylic acids is 2. The Kier molecular flexibility index (Phi) is 4.80. The summed E-state index contributed by atoms with van der Waals surface area (Å²) in [6.07, 6.45) is 0. The van der Waals surface area contributed by atoms with E-state index in [0.717, 1.165) is 0 Å². The highest BCUT2D eigenvalue weighted by Crippen LogP contribution is 2.17. The smallest absolute Gasteiger partial charge is 0.340 e. The van der Waals surface area contributed by atoms with Crippen molar-refractivity contribution >= 4 is 17.6 Å². The summed E-state index contributed by atoms with van der Waals surface area (Å²) >= 11 is 0. The van der Waals surface area contributed by atoms with Gasteiger partial charge in [-0.3, -0.25) is 4.79 Å². The fraction of sp³-hybridized carbons (Fsp3) is 0.333. The first-order chi connectivity index (χ1) is 8.86. The van der Waals surface area contributed by atoms with Crippen LogP contribution in [0.4, 0.5) is 14.5 Å². The van der Waals surface area contributed by atoms with Crippen molar-refractivity contribution < 1.29 is 23.1 Å². The molecule has 104 valence electrons. The first kappa shape index (κ1) is 14.9. The van der Waals surface area contributed by atoms with Gasteiger partial charge in [0.15, 0.2) is 18.2 Å². The number of benzene rings is 1. The second kappa shape index (κ2) is 6.12. The Hall–Kier alpha value is -2.18. The summed E-state index contributed by atoms with van der Waals surface area (Å²) in [5.41, 5.74) is 4.82. The van der Waals surface area contributed by atoms with Crippen LogP contribution in [0.1, 0.15) is 17.3 Å². The summed E-state index contributed by atoms with van der Waals surface area (Å²) in [4.78, 5) is 24.3. The van der Waals surface area contributed by atoms with Gasteiger partial charge in [-0.25, -0.2) is 13.6 Å². The molecule has 0 heterocycles. The monoisotopic (exact) mass is 272 g/mol. The van der Waals surface area contributed by atoms with E-state index in [9.17, 15) is 18.4 Å². The second-order valence-corrected chi connectivity index (χ2v) is 3.84. The highest BCUT2D eigenvalue weighted by molar-refractivity contribution is 5.96. The summed E-state index contributed by atoms with van der Waals surface area (Å²) in [5, 5.41) is 0. The SMILES string of the molecule is CCN(C)C(=O)COC(=O)c1cc(F)c(F)cc1N. The molecule has 1 aromatic carbocycles. The van der Waals surface area contributed by atoms with Gasteiger partial charge in [-0.15, -0.1) is 0 Å². The van der Waals surface area contributed by atoms with Crippen molar-refractivity contribution in [3.63, 3.8) is 0 Å². The number of rotatable bonds is 4. The van der Waals surface area contributed by atoms with Crippen LogP contribution in [-0.2, 0) is 9.53 Å². The predicted molar refractivity (Wildman–Crippen MR) is 64.4 cm³/mol. The zero-order chi connectivity index (χ0) is 14.6. The lowest BCUT2D eigenvalue weighted by Gasteiger charge is -2.14. The summed E-state index contributed by atoms with van der Waals surface area (Å²) < 4.78 is 30.5. The van der Waals surface area contributed by atoms with Crippen LogP contribution in [0, 0.1) is 11.6 Å². The Labute approximate surface area is 108 Å². The molecule has 2 N–H and O–H groups in total. The van der Waals surface area contributed by atoms with Crippen molar-refractivity contribution in [1.29, 1.82) is 0 Å². The number of nitrogens with zero attached hydrogens (tertiary/aromatic N) is 1. The number of nitrogen functional groups attached to an aromatic ring is 1. The number of anilines is 1. The maximum Gasteiger partial charge on any atom is 0.340 e. The molecule has 0 atom stereocenters. The summed E-state index contributed by atoms with van der Waals surface area (Å²) in [6, 6.07) is 1.33. The Balaban J connectivity index is 2.74. The van der Waals surface area contributed by atoms with E-state index in [4.69, 9.17) is 5.73 Å². The third kappa shape index (κ3) is 3.64. The summed E-state index contributed by atoms with van der Waals surface area (Å²) in [7, 11) is 1.54. The second-order valence-electron chi connectivity index (χ2n) is 3.84. The maximum atomic E-state index is 13.0. The van der Waals surface area contributed by atoms with Crippen molar-refractivity contribution in [2.24, 2.45) is 0 Å². The largest absolute Gasteiger partial charge is 0.452 e. The van der Waals surface area contributed by atoms with E-state index in [1.807, 2.05) is 0 Å². The average Bonchev–Trinajstić information content (AvgIpc) is 2.38. The third-order valence-corrected chi connectivity index (χ3v) is 2.54. The summed E-state index contributed by atoms with van der Waals surface area (Å²) in [5.74, 6) is -3.75. The van der Waals surface area contributed by atoms with E-state index >= 15 is 0 Å². The minimum absolute atomic E-state index is 0.250. The molecule has 0 aliphatic heterocycles. The lowest BCUT2D eigenvalue weighted by Crippen LogP contribution is -2.31. The van der Waals surface area contributed by atoms with Crippen molar-refractivity contribution in [2.45, 2.75) is 6.92 Å². The standard InChI is InChI=1S/C12H14F2N2O3/c1-3-16(2)11(17)6-19-12(18)7-4-8(13)9(14)5-10(7)15/h4-5H,3,6,15H2,1-2H3. The molecule has 0 aliphatic carbocycles. The fourth-order valence-corrected chi connectivity index (χ4v) is 1.23. The van der Waals surface area contributed by atoms with Gasteiger partial charge >= 0.3 is 5.97 Å². The fourth-order valence-electron chi connectivity index (χ4n) is 1.23. The van der Waals surface area contributed by atoms with E-state index < -0.39 is 30.1 Å². The van der Waals surface area contributed by atoms with Gasteiger partial charge in [-0.2, -0.15) is 0 Å². The first-order valence-corrected chi connectivity index (χ1v) is 5.52. The van der Waals surface area contributed by atoms with Gasteiger partial charge in [-0.05, 0) is 13.0 Å². The Bertz CT molecular complexity index is 506. The van der Waals surface area contributed by atoms with E-state index in [-0.39, 0.29) is 11.3 Å². The average molecular weight is 272 g/mol. The van der Waals surface area contributed by atoms with Crippen molar-refractivity contribution in [3.05, 3.63) is 29.3 Å². The lowest BCUT2D eigenvalue weighted by molar-refractivity contribution is -0.133. The topological polar surface area (TPSA) is 72.6 Å². The summed E-state index contributed by atoms with van der Waals surface area (Å²) in [6.45, 7) is 1.73. The molecule has 0 fully saturated rings. The minimum Gasteiger partial charge on any atom is -0.452 e. The highest BCUT2D eigenvalue weighted by Gasteiger charge is 2.17. The lowest BCUT2D eigenvalue weighted by atomic mass is 10.1. The number of carbonyl (C=O) groups is 2. The van der Waals surface area contributed by atoms with Crippen LogP contribution in [-0.4, -0.2) is 37.0 Å². The Morgan fingerprint density at radius 1 is 1.32 bits per heavy atom. The molecule has 1 amide bonds. The van der Waals surface area contributed by atoms with Crippen LogP contribution >= 0.6 is 0 Å².